The number of thiazole rings is 1. The number of anilines is 1. The smallest absolute Gasteiger partial charge is 0.138 e. The zero-order valence-corrected chi connectivity index (χ0v) is 11.8. The van der Waals surface area contributed by atoms with Crippen LogP contribution in [0.15, 0.2) is 36.4 Å². The third-order valence-electron chi connectivity index (χ3n) is 2.95. The second-order valence-corrected chi connectivity index (χ2v) is 5.39. The van der Waals surface area contributed by atoms with Crippen LogP contribution in [0.2, 0.25) is 0 Å². The van der Waals surface area contributed by atoms with Crippen molar-refractivity contribution in [2.45, 2.75) is 6.92 Å². The Bertz CT molecular complexity index is 768. The molecule has 0 spiro atoms. The van der Waals surface area contributed by atoms with E-state index in [4.69, 9.17) is 10.5 Å². The van der Waals surface area contributed by atoms with Crippen molar-refractivity contribution >= 4 is 27.2 Å². The zero-order chi connectivity index (χ0) is 14.1. The summed E-state index contributed by atoms with van der Waals surface area (Å²) >= 11 is 1.58. The monoisotopic (exact) mass is 286 g/mol. The maximum Gasteiger partial charge on any atom is 0.138 e. The molecule has 0 aliphatic rings. The van der Waals surface area contributed by atoms with Crippen molar-refractivity contribution in [3.05, 3.63) is 36.4 Å². The van der Waals surface area contributed by atoms with Crippen molar-refractivity contribution < 1.29 is 9.84 Å². The summed E-state index contributed by atoms with van der Waals surface area (Å²) in [6.45, 7) is 2.60. The maximum atomic E-state index is 9.47. The highest BCUT2D eigenvalue weighted by Gasteiger charge is 2.09. The normalized spacial score (nSPS) is 10.8. The van der Waals surface area contributed by atoms with E-state index in [2.05, 4.69) is 4.98 Å². The second kappa shape index (κ2) is 5.02. The van der Waals surface area contributed by atoms with Crippen LogP contribution in [-0.4, -0.2) is 16.7 Å². The SMILES string of the molecule is CCOc1ccc2nc(-c3ccc(O)c(N)c3)sc2c1. The molecular formula is C15H14N2O2S. The Kier molecular flexibility index (Phi) is 3.20. The van der Waals surface area contributed by atoms with Crippen LogP contribution in [0.25, 0.3) is 20.8 Å². The molecule has 3 rings (SSSR count). The van der Waals surface area contributed by atoms with Gasteiger partial charge < -0.3 is 15.6 Å². The number of hydrogen-bond acceptors (Lipinski definition) is 5. The summed E-state index contributed by atoms with van der Waals surface area (Å²) in [7, 11) is 0. The van der Waals surface area contributed by atoms with Crippen molar-refractivity contribution in [1.29, 1.82) is 0 Å². The van der Waals surface area contributed by atoms with Gasteiger partial charge in [-0.25, -0.2) is 4.98 Å². The number of phenols is 1. The summed E-state index contributed by atoms with van der Waals surface area (Å²) in [5, 5.41) is 10.3. The predicted molar refractivity (Wildman–Crippen MR) is 82.3 cm³/mol. The highest BCUT2D eigenvalue weighted by Crippen LogP contribution is 2.34. The van der Waals surface area contributed by atoms with Gasteiger partial charge in [-0.3, -0.25) is 0 Å². The summed E-state index contributed by atoms with van der Waals surface area (Å²) in [5.74, 6) is 0.939. The van der Waals surface area contributed by atoms with Gasteiger partial charge in [0, 0.05) is 5.56 Å². The number of benzene rings is 2. The maximum absolute atomic E-state index is 9.47. The molecule has 0 aliphatic heterocycles. The minimum Gasteiger partial charge on any atom is -0.506 e. The molecule has 1 heterocycles. The Labute approximate surface area is 120 Å². The van der Waals surface area contributed by atoms with Gasteiger partial charge in [-0.05, 0) is 43.3 Å². The van der Waals surface area contributed by atoms with Crippen LogP contribution in [0.1, 0.15) is 6.92 Å². The lowest BCUT2D eigenvalue weighted by molar-refractivity contribution is 0.341. The fraction of sp³-hybridized carbons (Fsp3) is 0.133. The number of nitrogen functional groups attached to an aromatic ring is 1. The minimum absolute atomic E-state index is 0.0912. The van der Waals surface area contributed by atoms with E-state index in [-0.39, 0.29) is 5.75 Å². The van der Waals surface area contributed by atoms with E-state index in [0.29, 0.717) is 12.3 Å². The summed E-state index contributed by atoms with van der Waals surface area (Å²) in [4.78, 5) is 4.58. The Hall–Kier alpha value is -2.27. The molecule has 0 bridgehead atoms. The van der Waals surface area contributed by atoms with Crippen LogP contribution in [-0.2, 0) is 0 Å². The number of aromatic nitrogens is 1. The largest absolute Gasteiger partial charge is 0.506 e. The first-order valence-electron chi connectivity index (χ1n) is 6.29. The molecule has 0 atom stereocenters. The van der Waals surface area contributed by atoms with E-state index in [0.717, 1.165) is 26.5 Å². The van der Waals surface area contributed by atoms with Crippen molar-refractivity contribution in [2.75, 3.05) is 12.3 Å². The molecule has 5 heteroatoms. The van der Waals surface area contributed by atoms with Crippen LogP contribution in [0.4, 0.5) is 5.69 Å². The van der Waals surface area contributed by atoms with E-state index in [1.54, 1.807) is 23.5 Å². The average molecular weight is 286 g/mol. The predicted octanol–water partition coefficient (Wildman–Crippen LogP) is 3.65. The minimum atomic E-state index is 0.0912. The van der Waals surface area contributed by atoms with Crippen LogP contribution in [0.3, 0.4) is 0 Å². The number of hydrogen-bond donors (Lipinski definition) is 2. The lowest BCUT2D eigenvalue weighted by Crippen LogP contribution is -1.89. The highest BCUT2D eigenvalue weighted by atomic mass is 32.1. The fourth-order valence-electron chi connectivity index (χ4n) is 1.97. The van der Waals surface area contributed by atoms with Gasteiger partial charge in [-0.15, -0.1) is 11.3 Å². The number of phenolic OH excluding ortho intramolecular Hbond substituents is 1. The van der Waals surface area contributed by atoms with E-state index in [9.17, 15) is 5.11 Å². The molecule has 20 heavy (non-hydrogen) atoms. The Morgan fingerprint density at radius 2 is 2.10 bits per heavy atom. The highest BCUT2D eigenvalue weighted by molar-refractivity contribution is 7.21. The molecular weight excluding hydrogens is 272 g/mol. The molecule has 0 saturated heterocycles. The van der Waals surface area contributed by atoms with Crippen LogP contribution >= 0.6 is 11.3 Å². The van der Waals surface area contributed by atoms with Crippen LogP contribution in [0, 0.1) is 0 Å². The Morgan fingerprint density at radius 3 is 2.85 bits per heavy atom. The zero-order valence-electron chi connectivity index (χ0n) is 11.0. The van der Waals surface area contributed by atoms with Gasteiger partial charge in [-0.2, -0.15) is 0 Å². The van der Waals surface area contributed by atoms with Gasteiger partial charge in [-0.1, -0.05) is 0 Å². The summed E-state index contributed by atoms with van der Waals surface area (Å²) in [5.41, 5.74) is 7.91. The molecule has 1 aromatic heterocycles. The molecule has 4 nitrogen and oxygen atoms in total. The second-order valence-electron chi connectivity index (χ2n) is 4.36. The first-order chi connectivity index (χ1) is 9.67. The molecule has 102 valence electrons. The fourth-order valence-corrected chi connectivity index (χ4v) is 2.96. The molecule has 0 aliphatic carbocycles. The molecule has 3 N–H and O–H groups in total. The standard InChI is InChI=1S/C15H14N2O2S/c1-2-19-10-4-5-12-14(8-10)20-15(17-12)9-3-6-13(18)11(16)7-9/h3-8,18H,2,16H2,1H3. The van der Waals surface area contributed by atoms with Gasteiger partial charge in [0.25, 0.3) is 0 Å². The summed E-state index contributed by atoms with van der Waals surface area (Å²) in [6.07, 6.45) is 0. The molecule has 0 fully saturated rings. The van der Waals surface area contributed by atoms with Gasteiger partial charge in [0.1, 0.15) is 16.5 Å². The van der Waals surface area contributed by atoms with E-state index in [1.165, 1.54) is 0 Å². The molecule has 2 aromatic carbocycles. The van der Waals surface area contributed by atoms with Gasteiger partial charge in [0.15, 0.2) is 0 Å². The molecule has 0 saturated carbocycles. The third-order valence-corrected chi connectivity index (χ3v) is 4.01. The lowest BCUT2D eigenvalue weighted by atomic mass is 10.2. The quantitative estimate of drug-likeness (QED) is 0.569. The van der Waals surface area contributed by atoms with Crippen LogP contribution < -0.4 is 10.5 Å². The number of fused-ring (bicyclic) bond motifs is 1. The van der Waals surface area contributed by atoms with Crippen molar-refractivity contribution in [3.8, 4) is 22.1 Å². The van der Waals surface area contributed by atoms with E-state index in [1.807, 2.05) is 31.2 Å². The Morgan fingerprint density at radius 1 is 1.25 bits per heavy atom. The van der Waals surface area contributed by atoms with Crippen molar-refractivity contribution in [1.82, 2.24) is 4.98 Å². The summed E-state index contributed by atoms with van der Waals surface area (Å²) in [6, 6.07) is 11.0. The number of aromatic hydroxyl groups is 1. The molecule has 3 aromatic rings. The Balaban J connectivity index is 2.05. The number of ether oxygens (including phenoxy) is 1. The van der Waals surface area contributed by atoms with Crippen LogP contribution in [0.5, 0.6) is 11.5 Å². The first kappa shape index (κ1) is 12.7. The number of nitrogens with zero attached hydrogens (tertiary/aromatic N) is 1. The molecule has 0 unspecified atom stereocenters. The molecule has 0 amide bonds. The van der Waals surface area contributed by atoms with Gasteiger partial charge in [0.2, 0.25) is 0 Å². The van der Waals surface area contributed by atoms with Gasteiger partial charge in [0.05, 0.1) is 22.5 Å². The number of nitrogens with two attached hydrogens (primary N) is 1. The lowest BCUT2D eigenvalue weighted by Gasteiger charge is -2.00. The first-order valence-corrected chi connectivity index (χ1v) is 7.11. The topological polar surface area (TPSA) is 68.4 Å². The van der Waals surface area contributed by atoms with Gasteiger partial charge >= 0.3 is 0 Å². The molecule has 0 radical (unpaired) electrons. The van der Waals surface area contributed by atoms with E-state index >= 15 is 0 Å². The summed E-state index contributed by atoms with van der Waals surface area (Å²) < 4.78 is 6.56. The van der Waals surface area contributed by atoms with Crippen molar-refractivity contribution in [3.63, 3.8) is 0 Å². The third kappa shape index (κ3) is 2.28. The van der Waals surface area contributed by atoms with Crippen molar-refractivity contribution in [2.24, 2.45) is 0 Å². The number of rotatable bonds is 3. The average Bonchev–Trinajstić information content (AvgIpc) is 2.85. The van der Waals surface area contributed by atoms with E-state index < -0.39 is 0 Å².